The molecule has 0 radical (unpaired) electrons. The van der Waals surface area contributed by atoms with E-state index in [-0.39, 0.29) is 5.56 Å². The number of hydrazone groups is 1. The molecule has 1 aromatic heterocycles. The second-order valence-electron chi connectivity index (χ2n) is 6.37. The maximum Gasteiger partial charge on any atom is 0.274 e. The summed E-state index contributed by atoms with van der Waals surface area (Å²) >= 11 is 0. The summed E-state index contributed by atoms with van der Waals surface area (Å²) in [6, 6.07) is 0. The Balaban J connectivity index is 1.51. The van der Waals surface area contributed by atoms with Crippen LogP contribution in [0.4, 0.5) is 5.95 Å². The van der Waals surface area contributed by atoms with Crippen LogP contribution in [0.3, 0.4) is 0 Å². The van der Waals surface area contributed by atoms with Gasteiger partial charge in [0.2, 0.25) is 5.95 Å². The molecule has 1 heterocycles. The van der Waals surface area contributed by atoms with E-state index in [1.807, 2.05) is 0 Å². The summed E-state index contributed by atoms with van der Waals surface area (Å²) in [6.45, 7) is 1.64. The topological polar surface area (TPSA) is 83.0 Å². The molecule has 4 atom stereocenters. The third-order valence-electron chi connectivity index (χ3n) is 5.37. The van der Waals surface area contributed by atoms with Gasteiger partial charge in [-0.15, -0.1) is 10.2 Å². The number of aromatic amines is 1. The van der Waals surface area contributed by atoms with E-state index in [0.717, 1.165) is 24.2 Å². The Morgan fingerprint density at radius 2 is 2.15 bits per heavy atom. The van der Waals surface area contributed by atoms with Crippen LogP contribution in [0.5, 0.6) is 0 Å². The quantitative estimate of drug-likeness (QED) is 0.803. The van der Waals surface area contributed by atoms with Gasteiger partial charge in [-0.2, -0.15) is 5.10 Å². The molecule has 6 heteroatoms. The number of fused-ring (bicyclic) bond motifs is 5. The monoisotopic (exact) mass is 273 g/mol. The van der Waals surface area contributed by atoms with Crippen molar-refractivity contribution in [3.05, 3.63) is 16.0 Å². The minimum atomic E-state index is -0.216. The van der Waals surface area contributed by atoms with E-state index < -0.39 is 0 Å². The fourth-order valence-corrected chi connectivity index (χ4v) is 4.51. The van der Waals surface area contributed by atoms with E-state index in [9.17, 15) is 4.79 Å². The lowest BCUT2D eigenvalue weighted by molar-refractivity contribution is 0.333. The van der Waals surface area contributed by atoms with Crippen LogP contribution in [-0.4, -0.2) is 20.9 Å². The van der Waals surface area contributed by atoms with Crippen LogP contribution in [0.25, 0.3) is 0 Å². The average Bonchev–Trinajstić information content (AvgIpc) is 3.11. The Labute approximate surface area is 117 Å². The molecule has 0 aliphatic heterocycles. The highest BCUT2D eigenvalue weighted by atomic mass is 16.1. The lowest BCUT2D eigenvalue weighted by Gasteiger charge is -2.25. The minimum absolute atomic E-state index is 0.216. The fraction of sp³-hybridized carbons (Fsp3) is 0.714. The number of hydrogen-bond donors (Lipinski definition) is 2. The smallest absolute Gasteiger partial charge is 0.274 e. The standard InChI is InChI=1S/C14H19N5O/c1-7-13(20)15-14(18-16-7)19-17-12-6-8-5-11(12)10-4-2-3-9(8)10/h8-11H,2-6H2,1H3,(H2,15,18,19,20)/b17-12+/t8-,9-,10-,11+/m1/s1. The van der Waals surface area contributed by atoms with Crippen LogP contribution in [0.1, 0.15) is 37.8 Å². The molecular weight excluding hydrogens is 254 g/mol. The molecule has 0 amide bonds. The van der Waals surface area contributed by atoms with Gasteiger partial charge in [-0.05, 0) is 50.4 Å². The van der Waals surface area contributed by atoms with Crippen molar-refractivity contribution < 1.29 is 0 Å². The molecule has 4 rings (SSSR count). The number of rotatable bonds is 2. The Bertz CT molecular complexity index is 622. The molecule has 3 saturated carbocycles. The van der Waals surface area contributed by atoms with Crippen LogP contribution < -0.4 is 11.0 Å². The van der Waals surface area contributed by atoms with Crippen LogP contribution >= 0.6 is 0 Å². The second-order valence-corrected chi connectivity index (χ2v) is 6.37. The summed E-state index contributed by atoms with van der Waals surface area (Å²) in [5, 5.41) is 12.2. The van der Waals surface area contributed by atoms with E-state index in [0.29, 0.717) is 17.6 Å². The molecule has 1 aromatic rings. The minimum Gasteiger partial charge on any atom is -0.288 e. The summed E-state index contributed by atoms with van der Waals surface area (Å²) in [4.78, 5) is 14.1. The van der Waals surface area contributed by atoms with Gasteiger partial charge in [-0.3, -0.25) is 9.78 Å². The van der Waals surface area contributed by atoms with E-state index in [4.69, 9.17) is 0 Å². The Morgan fingerprint density at radius 3 is 3.00 bits per heavy atom. The molecule has 0 saturated heterocycles. The molecule has 20 heavy (non-hydrogen) atoms. The van der Waals surface area contributed by atoms with Crippen molar-refractivity contribution in [1.29, 1.82) is 0 Å². The van der Waals surface area contributed by atoms with Gasteiger partial charge in [0.1, 0.15) is 5.69 Å². The SMILES string of the molecule is Cc1nnc(N/N=C2\C[C@H]3C[C@H]2[C@@H]2CCC[C@H]32)[nH]c1=O. The molecule has 0 spiro atoms. The molecular formula is C14H19N5O. The van der Waals surface area contributed by atoms with Crippen molar-refractivity contribution in [3.63, 3.8) is 0 Å². The van der Waals surface area contributed by atoms with Crippen molar-refractivity contribution in [3.8, 4) is 0 Å². The predicted molar refractivity (Wildman–Crippen MR) is 75.5 cm³/mol. The summed E-state index contributed by atoms with van der Waals surface area (Å²) in [5.41, 5.74) is 4.30. The van der Waals surface area contributed by atoms with E-state index in [1.165, 1.54) is 31.4 Å². The second kappa shape index (κ2) is 4.40. The molecule has 0 aromatic carbocycles. The number of H-pyrrole nitrogens is 1. The Hall–Kier alpha value is -1.72. The number of nitrogens with zero attached hydrogens (tertiary/aromatic N) is 3. The highest BCUT2D eigenvalue weighted by molar-refractivity contribution is 5.90. The van der Waals surface area contributed by atoms with Crippen molar-refractivity contribution >= 4 is 11.7 Å². The van der Waals surface area contributed by atoms with Crippen molar-refractivity contribution in [1.82, 2.24) is 15.2 Å². The Kier molecular flexibility index (Phi) is 2.65. The first-order valence-electron chi connectivity index (χ1n) is 7.48. The predicted octanol–water partition coefficient (Wildman–Crippen LogP) is 1.70. The van der Waals surface area contributed by atoms with E-state index in [2.05, 4.69) is 25.7 Å². The first-order chi connectivity index (χ1) is 9.72. The zero-order valence-electron chi connectivity index (χ0n) is 11.6. The van der Waals surface area contributed by atoms with Gasteiger partial charge in [0.15, 0.2) is 0 Å². The maximum atomic E-state index is 11.5. The normalized spacial score (nSPS) is 36.5. The van der Waals surface area contributed by atoms with Gasteiger partial charge in [0.05, 0.1) is 0 Å². The van der Waals surface area contributed by atoms with Gasteiger partial charge in [0, 0.05) is 11.6 Å². The van der Waals surface area contributed by atoms with Gasteiger partial charge >= 0.3 is 0 Å². The van der Waals surface area contributed by atoms with Crippen molar-refractivity contribution in [2.45, 2.75) is 39.0 Å². The molecule has 2 bridgehead atoms. The zero-order valence-corrected chi connectivity index (χ0v) is 11.6. The number of nitrogens with one attached hydrogen (secondary N) is 2. The highest BCUT2D eigenvalue weighted by Gasteiger charge is 2.52. The molecule has 2 N–H and O–H groups in total. The highest BCUT2D eigenvalue weighted by Crippen LogP contribution is 2.57. The van der Waals surface area contributed by atoms with Crippen molar-refractivity contribution in [2.24, 2.45) is 28.8 Å². The van der Waals surface area contributed by atoms with Crippen molar-refractivity contribution in [2.75, 3.05) is 5.43 Å². The van der Waals surface area contributed by atoms with Gasteiger partial charge in [0.25, 0.3) is 5.56 Å². The van der Waals surface area contributed by atoms with Crippen LogP contribution in [-0.2, 0) is 0 Å². The molecule has 0 unspecified atom stereocenters. The van der Waals surface area contributed by atoms with E-state index >= 15 is 0 Å². The zero-order chi connectivity index (χ0) is 13.7. The molecule has 3 aliphatic carbocycles. The van der Waals surface area contributed by atoms with E-state index in [1.54, 1.807) is 6.92 Å². The first kappa shape index (κ1) is 12.1. The number of hydrogen-bond acceptors (Lipinski definition) is 5. The molecule has 6 nitrogen and oxygen atoms in total. The molecule has 106 valence electrons. The maximum absolute atomic E-state index is 11.5. The lowest BCUT2D eigenvalue weighted by Crippen LogP contribution is -2.25. The summed E-state index contributed by atoms with van der Waals surface area (Å²) in [6.07, 6.45) is 6.60. The third kappa shape index (κ3) is 1.77. The average molecular weight is 273 g/mol. The van der Waals surface area contributed by atoms with Gasteiger partial charge in [-0.1, -0.05) is 6.42 Å². The molecule has 3 aliphatic rings. The number of anilines is 1. The third-order valence-corrected chi connectivity index (χ3v) is 5.37. The summed E-state index contributed by atoms with van der Waals surface area (Å²) < 4.78 is 0. The van der Waals surface area contributed by atoms with Crippen LogP contribution in [0, 0.1) is 30.6 Å². The summed E-state index contributed by atoms with van der Waals surface area (Å²) in [5.74, 6) is 3.65. The Morgan fingerprint density at radius 1 is 1.30 bits per heavy atom. The van der Waals surface area contributed by atoms with Gasteiger partial charge in [-0.25, -0.2) is 5.43 Å². The van der Waals surface area contributed by atoms with Crippen LogP contribution in [0.2, 0.25) is 0 Å². The summed E-state index contributed by atoms with van der Waals surface area (Å²) in [7, 11) is 0. The lowest BCUT2D eigenvalue weighted by atomic mass is 9.81. The largest absolute Gasteiger partial charge is 0.288 e. The number of aromatic nitrogens is 3. The van der Waals surface area contributed by atoms with Crippen LogP contribution in [0.15, 0.2) is 9.90 Å². The fourth-order valence-electron chi connectivity index (χ4n) is 4.51. The molecule has 3 fully saturated rings. The number of aryl methyl sites for hydroxylation is 1. The first-order valence-corrected chi connectivity index (χ1v) is 7.48. The van der Waals surface area contributed by atoms with Gasteiger partial charge < -0.3 is 0 Å².